The fraction of sp³-hybridized carbons (Fsp3) is 0.348. The lowest BCUT2D eigenvalue weighted by atomic mass is 9.98. The minimum atomic E-state index is -0.687. The van der Waals surface area contributed by atoms with Crippen molar-refractivity contribution >= 4 is 27.6 Å². The molecule has 2 bridgehead atoms. The zero-order valence-electron chi connectivity index (χ0n) is 16.2. The largest absolute Gasteiger partial charge is 0.339 e. The van der Waals surface area contributed by atoms with Crippen molar-refractivity contribution in [2.45, 2.75) is 43.8 Å². The number of fused-ring (bicyclic) bond motifs is 5. The van der Waals surface area contributed by atoms with Gasteiger partial charge in [-0.25, -0.2) is 4.39 Å². The number of rotatable bonds is 4. The van der Waals surface area contributed by atoms with Gasteiger partial charge in [0.2, 0.25) is 5.91 Å². The van der Waals surface area contributed by atoms with E-state index in [1.165, 1.54) is 6.07 Å². The number of halogens is 1. The second-order valence-electron chi connectivity index (χ2n) is 8.31. The van der Waals surface area contributed by atoms with E-state index in [2.05, 4.69) is 21.7 Å². The molecule has 1 amide bonds. The summed E-state index contributed by atoms with van der Waals surface area (Å²) in [7, 11) is 0. The summed E-state index contributed by atoms with van der Waals surface area (Å²) >= 11 is 0. The van der Waals surface area contributed by atoms with Crippen LogP contribution in [0.2, 0.25) is 0 Å². The number of hydrogen-bond donors (Lipinski definition) is 3. The zero-order valence-corrected chi connectivity index (χ0v) is 16.2. The number of piperidine rings is 1. The third-order valence-electron chi connectivity index (χ3n) is 6.43. The number of nitrogens with zero attached hydrogens (tertiary/aromatic N) is 1. The Kier molecular flexibility index (Phi) is 4.52. The fourth-order valence-corrected chi connectivity index (χ4v) is 4.97. The molecular formula is C23H21FN4O2. The number of nitriles is 1. The standard InChI is InChI=1S/C23H21FN4O2/c24-19-3-1-2-17-16-7-4-12(9-18(16)22(29)28-21(17)19)8-15(11-25)27-23(30)20-13-5-6-14(10-13)26-20/h1-4,7,9,13-15,20,26H,5-6,8,10H2,(H,27,30)(H,28,29). The number of pyridine rings is 1. The average Bonchev–Trinajstić information content (AvgIpc) is 3.38. The van der Waals surface area contributed by atoms with Crippen LogP contribution in [-0.2, 0) is 11.2 Å². The summed E-state index contributed by atoms with van der Waals surface area (Å²) in [6, 6.07) is 11.6. The molecule has 2 aromatic carbocycles. The molecule has 1 saturated heterocycles. The van der Waals surface area contributed by atoms with Gasteiger partial charge in [-0.1, -0.05) is 24.3 Å². The molecule has 6 nitrogen and oxygen atoms in total. The minimum absolute atomic E-state index is 0.131. The molecule has 1 aliphatic heterocycles. The molecule has 2 aliphatic rings. The third kappa shape index (κ3) is 3.14. The lowest BCUT2D eigenvalue weighted by Gasteiger charge is -2.23. The van der Waals surface area contributed by atoms with Crippen LogP contribution in [0.15, 0.2) is 41.2 Å². The average molecular weight is 404 g/mol. The topological polar surface area (TPSA) is 97.8 Å². The highest BCUT2D eigenvalue weighted by atomic mass is 19.1. The van der Waals surface area contributed by atoms with E-state index in [-0.39, 0.29) is 23.0 Å². The van der Waals surface area contributed by atoms with Gasteiger partial charge in [-0.3, -0.25) is 9.59 Å². The molecule has 7 heteroatoms. The number of amides is 1. The Labute approximate surface area is 172 Å². The Bertz CT molecular complexity index is 1260. The second kappa shape index (κ2) is 7.22. The molecule has 4 atom stereocenters. The number of H-pyrrole nitrogens is 1. The highest BCUT2D eigenvalue weighted by Gasteiger charge is 2.43. The molecule has 152 valence electrons. The minimum Gasteiger partial charge on any atom is -0.339 e. The first-order valence-corrected chi connectivity index (χ1v) is 10.2. The van der Waals surface area contributed by atoms with E-state index in [1.807, 2.05) is 6.07 Å². The van der Waals surface area contributed by atoms with Crippen molar-refractivity contribution in [1.82, 2.24) is 15.6 Å². The Hall–Kier alpha value is -3.24. The van der Waals surface area contributed by atoms with Gasteiger partial charge in [0.05, 0.1) is 17.6 Å². The van der Waals surface area contributed by atoms with Gasteiger partial charge in [0, 0.05) is 23.2 Å². The molecule has 1 aliphatic carbocycles. The molecular weight excluding hydrogens is 383 g/mol. The van der Waals surface area contributed by atoms with E-state index in [4.69, 9.17) is 0 Å². The van der Waals surface area contributed by atoms with Gasteiger partial charge in [0.1, 0.15) is 11.9 Å². The first-order chi connectivity index (χ1) is 14.5. The van der Waals surface area contributed by atoms with E-state index in [9.17, 15) is 19.2 Å². The first kappa shape index (κ1) is 18.8. The Morgan fingerprint density at radius 2 is 2.10 bits per heavy atom. The van der Waals surface area contributed by atoms with E-state index in [0.717, 1.165) is 24.8 Å². The Morgan fingerprint density at radius 3 is 2.83 bits per heavy atom. The highest BCUT2D eigenvalue weighted by Crippen LogP contribution is 2.35. The fourth-order valence-electron chi connectivity index (χ4n) is 4.97. The molecule has 5 rings (SSSR count). The van der Waals surface area contributed by atoms with Crippen LogP contribution in [0.4, 0.5) is 4.39 Å². The van der Waals surface area contributed by atoms with Crippen LogP contribution < -0.4 is 16.2 Å². The van der Waals surface area contributed by atoms with Gasteiger partial charge in [-0.15, -0.1) is 0 Å². The van der Waals surface area contributed by atoms with Crippen molar-refractivity contribution in [1.29, 1.82) is 5.26 Å². The summed E-state index contributed by atoms with van der Waals surface area (Å²) in [6.07, 6.45) is 3.48. The maximum atomic E-state index is 14.0. The molecule has 0 radical (unpaired) electrons. The summed E-state index contributed by atoms with van der Waals surface area (Å²) in [5, 5.41) is 17.5. The number of aromatic nitrogens is 1. The van der Waals surface area contributed by atoms with E-state index < -0.39 is 11.9 Å². The van der Waals surface area contributed by atoms with Crippen molar-refractivity contribution < 1.29 is 9.18 Å². The van der Waals surface area contributed by atoms with Crippen molar-refractivity contribution in [3.05, 3.63) is 58.1 Å². The predicted octanol–water partition coefficient (Wildman–Crippen LogP) is 2.51. The number of hydrogen-bond acceptors (Lipinski definition) is 4. The first-order valence-electron chi connectivity index (χ1n) is 10.2. The third-order valence-corrected chi connectivity index (χ3v) is 6.43. The van der Waals surface area contributed by atoms with Gasteiger partial charge in [-0.2, -0.15) is 5.26 Å². The number of para-hydroxylation sites is 1. The quantitative estimate of drug-likeness (QED) is 0.582. The van der Waals surface area contributed by atoms with Crippen LogP contribution in [-0.4, -0.2) is 29.0 Å². The van der Waals surface area contributed by atoms with Gasteiger partial charge in [0.15, 0.2) is 0 Å². The van der Waals surface area contributed by atoms with Crippen LogP contribution in [0.3, 0.4) is 0 Å². The molecule has 2 heterocycles. The summed E-state index contributed by atoms with van der Waals surface area (Å²) < 4.78 is 14.0. The molecule has 2 fully saturated rings. The maximum Gasteiger partial charge on any atom is 0.256 e. The normalized spacial score (nSPS) is 23.5. The van der Waals surface area contributed by atoms with Crippen LogP contribution in [0.5, 0.6) is 0 Å². The summed E-state index contributed by atoms with van der Waals surface area (Å²) in [4.78, 5) is 27.7. The Balaban J connectivity index is 1.39. The number of nitrogens with one attached hydrogen (secondary N) is 3. The van der Waals surface area contributed by atoms with Crippen LogP contribution >= 0.6 is 0 Å². The number of benzene rings is 2. The monoisotopic (exact) mass is 404 g/mol. The molecule has 4 unspecified atom stereocenters. The van der Waals surface area contributed by atoms with Crippen molar-refractivity contribution in [3.63, 3.8) is 0 Å². The molecule has 30 heavy (non-hydrogen) atoms. The molecule has 1 aromatic heterocycles. The molecule has 3 aromatic rings. The summed E-state index contributed by atoms with van der Waals surface area (Å²) in [6.45, 7) is 0. The van der Waals surface area contributed by atoms with Gasteiger partial charge >= 0.3 is 0 Å². The lowest BCUT2D eigenvalue weighted by Crippen LogP contribution is -2.50. The molecule has 3 N–H and O–H groups in total. The summed E-state index contributed by atoms with van der Waals surface area (Å²) in [5.74, 6) is -0.256. The van der Waals surface area contributed by atoms with Crippen LogP contribution in [0.1, 0.15) is 24.8 Å². The van der Waals surface area contributed by atoms with Gasteiger partial charge in [-0.05, 0) is 48.3 Å². The SMILES string of the molecule is N#CC(Cc1ccc2c(c1)c(=O)[nH]c1c(F)cccc12)NC(=O)C1NC2CCC1C2. The van der Waals surface area contributed by atoms with E-state index in [1.54, 1.807) is 24.3 Å². The van der Waals surface area contributed by atoms with Crippen molar-refractivity contribution in [3.8, 4) is 6.07 Å². The highest BCUT2D eigenvalue weighted by molar-refractivity contribution is 6.05. The second-order valence-corrected chi connectivity index (χ2v) is 8.31. The van der Waals surface area contributed by atoms with E-state index in [0.29, 0.717) is 34.5 Å². The van der Waals surface area contributed by atoms with Crippen LogP contribution in [0.25, 0.3) is 21.7 Å². The number of aromatic amines is 1. The van der Waals surface area contributed by atoms with E-state index >= 15 is 0 Å². The summed E-state index contributed by atoms with van der Waals surface area (Å²) in [5.41, 5.74) is 0.563. The Morgan fingerprint density at radius 1 is 1.23 bits per heavy atom. The number of carbonyl (C=O) groups excluding carboxylic acids is 1. The lowest BCUT2D eigenvalue weighted by molar-refractivity contribution is -0.124. The zero-order chi connectivity index (χ0) is 20.8. The maximum absolute atomic E-state index is 14.0. The van der Waals surface area contributed by atoms with Gasteiger partial charge in [0.25, 0.3) is 5.56 Å². The molecule has 0 spiro atoms. The number of carbonyl (C=O) groups is 1. The smallest absolute Gasteiger partial charge is 0.256 e. The van der Waals surface area contributed by atoms with Gasteiger partial charge < -0.3 is 15.6 Å². The van der Waals surface area contributed by atoms with Crippen molar-refractivity contribution in [2.75, 3.05) is 0 Å². The van der Waals surface area contributed by atoms with Crippen molar-refractivity contribution in [2.24, 2.45) is 5.92 Å². The molecule has 1 saturated carbocycles. The predicted molar refractivity (Wildman–Crippen MR) is 111 cm³/mol. The van der Waals surface area contributed by atoms with Crippen LogP contribution in [0, 0.1) is 23.1 Å².